The van der Waals surface area contributed by atoms with Crippen molar-refractivity contribution in [3.05, 3.63) is 18.6 Å². The minimum atomic E-state index is -0.468. The number of allylic oxidation sites excluding steroid dienone is 1. The molecule has 12 heavy (non-hydrogen) atoms. The van der Waals surface area contributed by atoms with Crippen LogP contribution in [0.5, 0.6) is 0 Å². The van der Waals surface area contributed by atoms with E-state index in [-0.39, 0.29) is 0 Å². The van der Waals surface area contributed by atoms with E-state index in [2.05, 4.69) is 18.6 Å². The van der Waals surface area contributed by atoms with E-state index in [1.54, 1.807) is 0 Å². The Kier molecular flexibility index (Phi) is 6.09. The summed E-state index contributed by atoms with van der Waals surface area (Å²) in [6.45, 7) is 6.10. The standard InChI is InChI=1S/C11H21O/c1-4-7-8-9-10-11(12,5-2)6-3/h4,8-9,12H,5-7,10H2,1-3H3/b9-8+. The lowest BCUT2D eigenvalue weighted by Crippen LogP contribution is -2.25. The van der Waals surface area contributed by atoms with Gasteiger partial charge in [0.15, 0.2) is 0 Å². The summed E-state index contributed by atoms with van der Waals surface area (Å²) in [6.07, 6.45) is 9.75. The minimum absolute atomic E-state index is 0.468. The van der Waals surface area contributed by atoms with Gasteiger partial charge in [-0.15, -0.1) is 0 Å². The topological polar surface area (TPSA) is 20.2 Å². The summed E-state index contributed by atoms with van der Waals surface area (Å²) in [6, 6.07) is 0. The van der Waals surface area contributed by atoms with Crippen LogP contribution >= 0.6 is 0 Å². The summed E-state index contributed by atoms with van der Waals surface area (Å²) >= 11 is 0. The molecule has 0 aliphatic carbocycles. The van der Waals surface area contributed by atoms with E-state index in [0.717, 1.165) is 25.7 Å². The number of hydrogen-bond donors (Lipinski definition) is 1. The number of rotatable bonds is 6. The number of hydrogen-bond acceptors (Lipinski definition) is 1. The van der Waals surface area contributed by atoms with Gasteiger partial charge in [0.2, 0.25) is 0 Å². The zero-order chi connectivity index (χ0) is 9.45. The minimum Gasteiger partial charge on any atom is -0.390 e. The Bertz CT molecular complexity index is 123. The molecule has 1 radical (unpaired) electrons. The Labute approximate surface area is 76.5 Å². The molecule has 1 N–H and O–H groups in total. The van der Waals surface area contributed by atoms with Crippen LogP contribution in [-0.4, -0.2) is 10.7 Å². The molecule has 0 spiro atoms. The van der Waals surface area contributed by atoms with Gasteiger partial charge in [-0.1, -0.05) is 32.9 Å². The Hall–Kier alpha value is -0.300. The molecule has 0 rings (SSSR count). The fraction of sp³-hybridized carbons (Fsp3) is 0.727. The van der Waals surface area contributed by atoms with Crippen LogP contribution in [0.15, 0.2) is 12.2 Å². The molecule has 0 atom stereocenters. The molecule has 0 unspecified atom stereocenters. The highest BCUT2D eigenvalue weighted by atomic mass is 16.3. The van der Waals surface area contributed by atoms with Crippen LogP contribution in [0.3, 0.4) is 0 Å². The predicted octanol–water partition coefficient (Wildman–Crippen LogP) is 3.10. The van der Waals surface area contributed by atoms with Gasteiger partial charge in [0, 0.05) is 0 Å². The third-order valence-electron chi connectivity index (χ3n) is 2.35. The van der Waals surface area contributed by atoms with Crippen molar-refractivity contribution in [2.45, 2.75) is 52.1 Å². The molecule has 1 nitrogen and oxygen atoms in total. The second kappa shape index (κ2) is 6.24. The molecule has 0 heterocycles. The Morgan fingerprint density at radius 2 is 1.75 bits per heavy atom. The molecule has 0 aliphatic rings. The monoisotopic (exact) mass is 169 g/mol. The summed E-state index contributed by atoms with van der Waals surface area (Å²) < 4.78 is 0. The van der Waals surface area contributed by atoms with Crippen molar-refractivity contribution in [1.82, 2.24) is 0 Å². The lowest BCUT2D eigenvalue weighted by atomic mass is 9.93. The third kappa shape index (κ3) is 4.55. The first-order chi connectivity index (χ1) is 5.68. The number of aliphatic hydroxyl groups is 1. The van der Waals surface area contributed by atoms with Crippen LogP contribution in [0.2, 0.25) is 0 Å². The molecule has 0 aromatic carbocycles. The van der Waals surface area contributed by atoms with E-state index in [9.17, 15) is 5.11 Å². The van der Waals surface area contributed by atoms with Crippen molar-refractivity contribution in [2.75, 3.05) is 0 Å². The first kappa shape index (κ1) is 11.7. The van der Waals surface area contributed by atoms with Crippen LogP contribution in [-0.2, 0) is 0 Å². The average molecular weight is 169 g/mol. The van der Waals surface area contributed by atoms with Gasteiger partial charge in [-0.3, -0.25) is 0 Å². The predicted molar refractivity (Wildman–Crippen MR) is 53.9 cm³/mol. The van der Waals surface area contributed by atoms with Crippen molar-refractivity contribution in [1.29, 1.82) is 0 Å². The lowest BCUT2D eigenvalue weighted by molar-refractivity contribution is 0.0353. The molecular weight excluding hydrogens is 148 g/mol. The van der Waals surface area contributed by atoms with Crippen LogP contribution in [0, 0.1) is 6.42 Å². The SMILES string of the molecule is C[CH]C/C=C/CC(O)(CC)CC. The van der Waals surface area contributed by atoms with Gasteiger partial charge in [0.1, 0.15) is 0 Å². The molecule has 1 heteroatoms. The smallest absolute Gasteiger partial charge is 0.0676 e. The Morgan fingerprint density at radius 1 is 1.17 bits per heavy atom. The molecule has 0 aromatic rings. The second-order valence-corrected chi connectivity index (χ2v) is 3.25. The van der Waals surface area contributed by atoms with Gasteiger partial charge in [-0.25, -0.2) is 0 Å². The van der Waals surface area contributed by atoms with E-state index in [4.69, 9.17) is 0 Å². The molecule has 71 valence electrons. The van der Waals surface area contributed by atoms with Crippen LogP contribution in [0.1, 0.15) is 46.5 Å². The zero-order valence-corrected chi connectivity index (χ0v) is 8.51. The van der Waals surface area contributed by atoms with Gasteiger partial charge < -0.3 is 5.11 Å². The summed E-state index contributed by atoms with van der Waals surface area (Å²) in [5.74, 6) is 0. The van der Waals surface area contributed by atoms with E-state index in [1.807, 2.05) is 20.8 Å². The van der Waals surface area contributed by atoms with Gasteiger partial charge in [0.05, 0.1) is 5.60 Å². The molecule has 0 saturated heterocycles. The van der Waals surface area contributed by atoms with E-state index in [1.165, 1.54) is 0 Å². The maximum atomic E-state index is 9.87. The quantitative estimate of drug-likeness (QED) is 0.606. The third-order valence-corrected chi connectivity index (χ3v) is 2.35. The van der Waals surface area contributed by atoms with Crippen LogP contribution < -0.4 is 0 Å². The molecule has 0 aromatic heterocycles. The highest BCUT2D eigenvalue weighted by Gasteiger charge is 2.19. The van der Waals surface area contributed by atoms with Crippen molar-refractivity contribution < 1.29 is 5.11 Å². The molecule has 0 amide bonds. The summed E-state index contributed by atoms with van der Waals surface area (Å²) in [5, 5.41) is 9.87. The Morgan fingerprint density at radius 3 is 2.17 bits per heavy atom. The van der Waals surface area contributed by atoms with Crippen molar-refractivity contribution >= 4 is 0 Å². The van der Waals surface area contributed by atoms with Gasteiger partial charge in [-0.05, 0) is 32.1 Å². The van der Waals surface area contributed by atoms with E-state index >= 15 is 0 Å². The fourth-order valence-corrected chi connectivity index (χ4v) is 1.07. The average Bonchev–Trinajstić information content (AvgIpc) is 2.12. The number of unbranched alkanes of at least 4 members (excludes halogenated alkanes) is 1. The molecular formula is C11H21O. The maximum Gasteiger partial charge on any atom is 0.0676 e. The van der Waals surface area contributed by atoms with E-state index in [0.29, 0.717) is 0 Å². The molecule has 0 saturated carbocycles. The Balaban J connectivity index is 3.72. The molecule has 0 bridgehead atoms. The molecule has 0 aliphatic heterocycles. The van der Waals surface area contributed by atoms with Gasteiger partial charge in [0.25, 0.3) is 0 Å². The van der Waals surface area contributed by atoms with Gasteiger partial charge >= 0.3 is 0 Å². The first-order valence-corrected chi connectivity index (χ1v) is 4.83. The molecule has 0 fully saturated rings. The van der Waals surface area contributed by atoms with Crippen LogP contribution in [0.25, 0.3) is 0 Å². The van der Waals surface area contributed by atoms with Crippen molar-refractivity contribution in [3.63, 3.8) is 0 Å². The summed E-state index contributed by atoms with van der Waals surface area (Å²) in [7, 11) is 0. The largest absolute Gasteiger partial charge is 0.390 e. The van der Waals surface area contributed by atoms with E-state index < -0.39 is 5.60 Å². The highest BCUT2D eigenvalue weighted by molar-refractivity contribution is 4.92. The fourth-order valence-electron chi connectivity index (χ4n) is 1.07. The first-order valence-electron chi connectivity index (χ1n) is 4.83. The van der Waals surface area contributed by atoms with Crippen molar-refractivity contribution in [2.24, 2.45) is 0 Å². The normalized spacial score (nSPS) is 12.7. The van der Waals surface area contributed by atoms with Crippen molar-refractivity contribution in [3.8, 4) is 0 Å². The zero-order valence-electron chi connectivity index (χ0n) is 8.51. The lowest BCUT2D eigenvalue weighted by Gasteiger charge is -2.23. The van der Waals surface area contributed by atoms with Crippen LogP contribution in [0.4, 0.5) is 0 Å². The summed E-state index contributed by atoms with van der Waals surface area (Å²) in [5.41, 5.74) is -0.468. The van der Waals surface area contributed by atoms with Gasteiger partial charge in [-0.2, -0.15) is 0 Å². The summed E-state index contributed by atoms with van der Waals surface area (Å²) in [4.78, 5) is 0. The second-order valence-electron chi connectivity index (χ2n) is 3.25. The highest BCUT2D eigenvalue weighted by Crippen LogP contribution is 2.19. The maximum absolute atomic E-state index is 9.87.